The number of alkyl halides is 1. The van der Waals surface area contributed by atoms with Crippen molar-refractivity contribution in [3.8, 4) is 11.5 Å². The molecule has 0 N–H and O–H groups in total. The fourth-order valence-corrected chi connectivity index (χ4v) is 2.88. The Kier molecular flexibility index (Phi) is 6.12. The Morgan fingerprint density at radius 2 is 1.62 bits per heavy atom. The van der Waals surface area contributed by atoms with Crippen molar-refractivity contribution in [1.29, 1.82) is 0 Å². The number of hydrogen-bond acceptors (Lipinski definition) is 2. The lowest BCUT2D eigenvalue weighted by atomic mass is 10.0. The summed E-state index contributed by atoms with van der Waals surface area (Å²) in [6, 6.07) is 16.5. The van der Waals surface area contributed by atoms with Crippen molar-refractivity contribution < 1.29 is 9.47 Å². The quantitative estimate of drug-likeness (QED) is 0.678. The first kappa shape index (κ1) is 15.9. The number of rotatable bonds is 7. The lowest BCUT2D eigenvalue weighted by Gasteiger charge is -2.11. The van der Waals surface area contributed by atoms with Crippen LogP contribution in [0, 0.1) is 0 Å². The molecule has 0 bridgehead atoms. The van der Waals surface area contributed by atoms with Crippen LogP contribution in [0.15, 0.2) is 48.5 Å². The average Bonchev–Trinajstić information content (AvgIpc) is 2.53. The third kappa shape index (κ3) is 5.09. The van der Waals surface area contributed by atoms with Crippen molar-refractivity contribution in [1.82, 2.24) is 0 Å². The van der Waals surface area contributed by atoms with Crippen molar-refractivity contribution in [2.75, 3.05) is 14.2 Å². The maximum absolute atomic E-state index is 5.26. The van der Waals surface area contributed by atoms with Crippen LogP contribution in [-0.4, -0.2) is 19.0 Å². The molecule has 0 saturated heterocycles. The first-order valence-electron chi connectivity index (χ1n) is 7.11. The number of aryl methyl sites for hydroxylation is 1. The lowest BCUT2D eigenvalue weighted by Crippen LogP contribution is -2.04. The fraction of sp³-hybridized carbons (Fsp3) is 0.333. The minimum absolute atomic E-state index is 0.465. The van der Waals surface area contributed by atoms with Gasteiger partial charge >= 0.3 is 0 Å². The van der Waals surface area contributed by atoms with Crippen LogP contribution < -0.4 is 9.47 Å². The Balaban J connectivity index is 1.84. The maximum Gasteiger partial charge on any atom is 0.119 e. The Labute approximate surface area is 135 Å². The second-order valence-corrected chi connectivity index (χ2v) is 6.33. The Morgan fingerprint density at radius 1 is 0.905 bits per heavy atom. The van der Waals surface area contributed by atoms with Gasteiger partial charge in [0, 0.05) is 4.83 Å². The van der Waals surface area contributed by atoms with E-state index in [0.29, 0.717) is 4.83 Å². The highest BCUT2D eigenvalue weighted by atomic mass is 79.9. The summed E-state index contributed by atoms with van der Waals surface area (Å²) in [6.45, 7) is 0. The zero-order chi connectivity index (χ0) is 15.1. The Hall–Kier alpha value is -1.48. The van der Waals surface area contributed by atoms with Crippen LogP contribution in [-0.2, 0) is 12.8 Å². The van der Waals surface area contributed by atoms with Crippen LogP contribution in [0.5, 0.6) is 11.5 Å². The molecule has 1 unspecified atom stereocenters. The van der Waals surface area contributed by atoms with Crippen molar-refractivity contribution in [3.63, 3.8) is 0 Å². The molecule has 0 saturated carbocycles. The van der Waals surface area contributed by atoms with Crippen LogP contribution in [0.2, 0.25) is 0 Å². The zero-order valence-electron chi connectivity index (χ0n) is 12.5. The van der Waals surface area contributed by atoms with Crippen LogP contribution in [0.3, 0.4) is 0 Å². The number of ether oxygens (including phenoxy) is 2. The van der Waals surface area contributed by atoms with Crippen molar-refractivity contribution >= 4 is 15.9 Å². The Bertz CT molecular complexity index is 551. The summed E-state index contributed by atoms with van der Waals surface area (Å²) in [7, 11) is 3.39. The molecule has 0 fully saturated rings. The van der Waals surface area contributed by atoms with Gasteiger partial charge in [0.05, 0.1) is 14.2 Å². The van der Waals surface area contributed by atoms with E-state index in [1.807, 2.05) is 24.3 Å². The van der Waals surface area contributed by atoms with Gasteiger partial charge in [-0.15, -0.1) is 0 Å². The van der Waals surface area contributed by atoms with E-state index in [9.17, 15) is 0 Å². The SMILES string of the molecule is COc1ccc(CCC(Br)Cc2cccc(OC)c2)cc1. The van der Waals surface area contributed by atoms with Gasteiger partial charge in [0.2, 0.25) is 0 Å². The summed E-state index contributed by atoms with van der Waals surface area (Å²) in [5.41, 5.74) is 2.64. The molecule has 0 amide bonds. The molecule has 0 heterocycles. The van der Waals surface area contributed by atoms with E-state index in [0.717, 1.165) is 30.8 Å². The molecule has 0 aromatic heterocycles. The molecule has 21 heavy (non-hydrogen) atoms. The molecule has 0 spiro atoms. The summed E-state index contributed by atoms with van der Waals surface area (Å²) in [5.74, 6) is 1.83. The smallest absolute Gasteiger partial charge is 0.119 e. The van der Waals surface area contributed by atoms with E-state index >= 15 is 0 Å². The Morgan fingerprint density at radius 3 is 2.29 bits per heavy atom. The summed E-state index contributed by atoms with van der Waals surface area (Å²) >= 11 is 3.78. The highest BCUT2D eigenvalue weighted by molar-refractivity contribution is 9.09. The van der Waals surface area contributed by atoms with Crippen LogP contribution >= 0.6 is 15.9 Å². The highest BCUT2D eigenvalue weighted by Crippen LogP contribution is 2.20. The van der Waals surface area contributed by atoms with Gasteiger partial charge in [0.15, 0.2) is 0 Å². The van der Waals surface area contributed by atoms with Gasteiger partial charge in [0.25, 0.3) is 0 Å². The maximum atomic E-state index is 5.26. The van der Waals surface area contributed by atoms with Crippen molar-refractivity contribution in [2.45, 2.75) is 24.1 Å². The van der Waals surface area contributed by atoms with E-state index in [2.05, 4.69) is 40.2 Å². The van der Waals surface area contributed by atoms with Gasteiger partial charge < -0.3 is 9.47 Å². The largest absolute Gasteiger partial charge is 0.497 e. The van der Waals surface area contributed by atoms with Crippen LogP contribution in [0.25, 0.3) is 0 Å². The average molecular weight is 349 g/mol. The topological polar surface area (TPSA) is 18.5 Å². The van der Waals surface area contributed by atoms with Gasteiger partial charge in [-0.05, 0) is 54.7 Å². The van der Waals surface area contributed by atoms with E-state index < -0.39 is 0 Å². The molecule has 0 aliphatic carbocycles. The molecule has 1 atom stereocenters. The van der Waals surface area contributed by atoms with Crippen LogP contribution in [0.1, 0.15) is 17.5 Å². The molecule has 2 aromatic rings. The van der Waals surface area contributed by atoms with Crippen molar-refractivity contribution in [2.24, 2.45) is 0 Å². The third-order valence-electron chi connectivity index (χ3n) is 3.50. The standard InChI is InChI=1S/C18H21BrO2/c1-20-17-10-7-14(8-11-17)6-9-16(19)12-15-4-3-5-18(13-15)21-2/h3-5,7-8,10-11,13,16H,6,9,12H2,1-2H3. The second-order valence-electron chi connectivity index (χ2n) is 5.04. The van der Waals surface area contributed by atoms with Gasteiger partial charge in [-0.3, -0.25) is 0 Å². The van der Waals surface area contributed by atoms with Gasteiger partial charge in [0.1, 0.15) is 11.5 Å². The van der Waals surface area contributed by atoms with E-state index in [1.165, 1.54) is 11.1 Å². The highest BCUT2D eigenvalue weighted by Gasteiger charge is 2.07. The number of halogens is 1. The van der Waals surface area contributed by atoms with Crippen molar-refractivity contribution in [3.05, 3.63) is 59.7 Å². The van der Waals surface area contributed by atoms with E-state index in [-0.39, 0.29) is 0 Å². The van der Waals surface area contributed by atoms with Gasteiger partial charge in [-0.2, -0.15) is 0 Å². The molecular formula is C18H21BrO2. The second kappa shape index (κ2) is 8.08. The molecular weight excluding hydrogens is 328 g/mol. The monoisotopic (exact) mass is 348 g/mol. The summed E-state index contributed by atoms with van der Waals surface area (Å²) in [4.78, 5) is 0.465. The number of hydrogen-bond donors (Lipinski definition) is 0. The first-order chi connectivity index (χ1) is 10.2. The van der Waals surface area contributed by atoms with E-state index in [1.54, 1.807) is 14.2 Å². The summed E-state index contributed by atoms with van der Waals surface area (Å²) < 4.78 is 10.4. The molecule has 3 heteroatoms. The number of methoxy groups -OCH3 is 2. The normalized spacial score (nSPS) is 12.0. The minimum atomic E-state index is 0.465. The molecule has 0 radical (unpaired) electrons. The molecule has 2 rings (SSSR count). The predicted octanol–water partition coefficient (Wildman–Crippen LogP) is 4.64. The van der Waals surface area contributed by atoms with Crippen LogP contribution in [0.4, 0.5) is 0 Å². The van der Waals surface area contributed by atoms with Gasteiger partial charge in [-0.1, -0.05) is 40.2 Å². The van der Waals surface area contributed by atoms with E-state index in [4.69, 9.17) is 9.47 Å². The predicted molar refractivity (Wildman–Crippen MR) is 90.7 cm³/mol. The fourth-order valence-electron chi connectivity index (χ4n) is 2.27. The minimum Gasteiger partial charge on any atom is -0.497 e. The summed E-state index contributed by atoms with van der Waals surface area (Å²) in [5, 5.41) is 0. The molecule has 0 aliphatic rings. The number of benzene rings is 2. The lowest BCUT2D eigenvalue weighted by molar-refractivity contribution is 0.414. The third-order valence-corrected chi connectivity index (χ3v) is 4.28. The molecule has 2 aromatic carbocycles. The first-order valence-corrected chi connectivity index (χ1v) is 8.02. The molecule has 112 valence electrons. The zero-order valence-corrected chi connectivity index (χ0v) is 14.1. The van der Waals surface area contributed by atoms with Gasteiger partial charge in [-0.25, -0.2) is 0 Å². The molecule has 2 nitrogen and oxygen atoms in total. The summed E-state index contributed by atoms with van der Waals surface area (Å²) in [6.07, 6.45) is 3.17. The molecule has 0 aliphatic heterocycles.